The van der Waals surface area contributed by atoms with Crippen molar-refractivity contribution in [2.24, 2.45) is 5.41 Å². The summed E-state index contributed by atoms with van der Waals surface area (Å²) >= 11 is 0. The fraction of sp³-hybridized carbons (Fsp3) is 0.600. The van der Waals surface area contributed by atoms with Crippen LogP contribution in [0.15, 0.2) is 24.3 Å². The summed E-state index contributed by atoms with van der Waals surface area (Å²) in [5.74, 6) is -0.156. The van der Waals surface area contributed by atoms with Gasteiger partial charge in [0.05, 0.1) is 5.69 Å². The van der Waals surface area contributed by atoms with E-state index in [-0.39, 0.29) is 11.2 Å². The molecule has 0 bridgehead atoms. The Kier molecular flexibility index (Phi) is 5.15. The average molecular weight is 252 g/mol. The molecule has 1 rings (SSSR count). The first-order valence-corrected chi connectivity index (χ1v) is 6.49. The summed E-state index contributed by atoms with van der Waals surface area (Å²) in [4.78, 5) is 1.98. The minimum Gasteiger partial charge on any atom is -0.372 e. The van der Waals surface area contributed by atoms with Gasteiger partial charge < -0.3 is 10.2 Å². The Morgan fingerprint density at radius 1 is 1.28 bits per heavy atom. The highest BCUT2D eigenvalue weighted by atomic mass is 19.1. The van der Waals surface area contributed by atoms with Crippen molar-refractivity contribution in [2.45, 2.75) is 33.2 Å². The molecule has 1 atom stereocenters. The molecule has 0 aromatic heterocycles. The standard InChI is InChI=1S/C15H25FN2/c1-15(2,3)14(17-4)10-11-18(5)13-9-7-6-8-12(13)16/h6-9,14,17H,10-11H2,1-5H3. The van der Waals surface area contributed by atoms with Gasteiger partial charge in [0.15, 0.2) is 0 Å². The molecule has 0 aliphatic heterocycles. The molecule has 0 saturated heterocycles. The molecule has 0 aliphatic rings. The zero-order chi connectivity index (χ0) is 13.8. The SMILES string of the molecule is CNC(CCN(C)c1ccccc1F)C(C)(C)C. The van der Waals surface area contributed by atoms with Crippen molar-refractivity contribution in [1.82, 2.24) is 5.32 Å². The van der Waals surface area contributed by atoms with E-state index in [1.54, 1.807) is 6.07 Å². The van der Waals surface area contributed by atoms with Gasteiger partial charge in [0.1, 0.15) is 5.82 Å². The summed E-state index contributed by atoms with van der Waals surface area (Å²) in [6.45, 7) is 7.50. The highest BCUT2D eigenvalue weighted by molar-refractivity contribution is 5.46. The van der Waals surface area contributed by atoms with E-state index in [0.717, 1.165) is 13.0 Å². The molecule has 0 spiro atoms. The number of hydrogen-bond acceptors (Lipinski definition) is 2. The maximum absolute atomic E-state index is 13.6. The molecule has 0 heterocycles. The van der Waals surface area contributed by atoms with Gasteiger partial charge in [-0.1, -0.05) is 32.9 Å². The summed E-state index contributed by atoms with van der Waals surface area (Å²) in [6.07, 6.45) is 0.991. The highest BCUT2D eigenvalue weighted by Gasteiger charge is 2.23. The number of anilines is 1. The maximum atomic E-state index is 13.6. The quantitative estimate of drug-likeness (QED) is 0.865. The van der Waals surface area contributed by atoms with Crippen LogP contribution in [-0.4, -0.2) is 26.7 Å². The Balaban J connectivity index is 2.61. The van der Waals surface area contributed by atoms with Crippen LogP contribution in [0.3, 0.4) is 0 Å². The molecule has 1 aromatic rings. The molecule has 0 amide bonds. The molecule has 2 nitrogen and oxygen atoms in total. The molecule has 1 aromatic carbocycles. The highest BCUT2D eigenvalue weighted by Crippen LogP contribution is 2.23. The summed E-state index contributed by atoms with van der Waals surface area (Å²) < 4.78 is 13.6. The average Bonchev–Trinajstić information content (AvgIpc) is 2.28. The molecule has 102 valence electrons. The summed E-state index contributed by atoms with van der Waals surface area (Å²) in [5, 5.41) is 3.34. The van der Waals surface area contributed by atoms with Crippen molar-refractivity contribution in [1.29, 1.82) is 0 Å². The molecule has 0 fully saturated rings. The number of hydrogen-bond donors (Lipinski definition) is 1. The number of nitrogens with one attached hydrogen (secondary N) is 1. The largest absolute Gasteiger partial charge is 0.372 e. The Labute approximate surface area is 110 Å². The third-order valence-electron chi connectivity index (χ3n) is 3.41. The van der Waals surface area contributed by atoms with Gasteiger partial charge in [-0.3, -0.25) is 0 Å². The van der Waals surface area contributed by atoms with E-state index < -0.39 is 0 Å². The van der Waals surface area contributed by atoms with Gasteiger partial charge >= 0.3 is 0 Å². The molecule has 3 heteroatoms. The third kappa shape index (κ3) is 3.98. The number of halogens is 1. The minimum absolute atomic E-state index is 0.156. The monoisotopic (exact) mass is 252 g/mol. The van der Waals surface area contributed by atoms with Crippen molar-refractivity contribution >= 4 is 5.69 Å². The lowest BCUT2D eigenvalue weighted by Crippen LogP contribution is -2.40. The van der Waals surface area contributed by atoms with E-state index in [0.29, 0.717) is 11.7 Å². The van der Waals surface area contributed by atoms with Crippen LogP contribution in [0.2, 0.25) is 0 Å². The molecule has 18 heavy (non-hydrogen) atoms. The molecule has 0 aliphatic carbocycles. The van der Waals surface area contributed by atoms with Crippen molar-refractivity contribution in [3.05, 3.63) is 30.1 Å². The zero-order valence-corrected chi connectivity index (χ0v) is 12.1. The van der Waals surface area contributed by atoms with Gasteiger partial charge in [0.25, 0.3) is 0 Å². The van der Waals surface area contributed by atoms with E-state index in [1.165, 1.54) is 6.07 Å². The van der Waals surface area contributed by atoms with Crippen LogP contribution in [0, 0.1) is 11.2 Å². The number of nitrogens with zero attached hydrogens (tertiary/aromatic N) is 1. The first-order chi connectivity index (χ1) is 8.36. The molecule has 0 radical (unpaired) electrons. The Bertz CT molecular complexity index is 371. The number of benzene rings is 1. The van der Waals surface area contributed by atoms with Crippen molar-refractivity contribution < 1.29 is 4.39 Å². The summed E-state index contributed by atoms with van der Waals surface area (Å²) in [7, 11) is 3.92. The zero-order valence-electron chi connectivity index (χ0n) is 12.1. The van der Waals surface area contributed by atoms with Crippen LogP contribution >= 0.6 is 0 Å². The second kappa shape index (κ2) is 6.19. The fourth-order valence-electron chi connectivity index (χ4n) is 2.21. The predicted molar refractivity (Wildman–Crippen MR) is 76.6 cm³/mol. The van der Waals surface area contributed by atoms with Crippen LogP contribution in [0.25, 0.3) is 0 Å². The first kappa shape index (κ1) is 15.0. The second-order valence-corrected chi connectivity index (χ2v) is 5.87. The lowest BCUT2D eigenvalue weighted by atomic mass is 9.85. The van der Waals surface area contributed by atoms with Crippen LogP contribution in [0.5, 0.6) is 0 Å². The number of rotatable bonds is 5. The van der Waals surface area contributed by atoms with Gasteiger partial charge in [-0.25, -0.2) is 4.39 Å². The van der Waals surface area contributed by atoms with E-state index in [9.17, 15) is 4.39 Å². The lowest BCUT2D eigenvalue weighted by molar-refractivity contribution is 0.269. The van der Waals surface area contributed by atoms with Crippen LogP contribution in [0.1, 0.15) is 27.2 Å². The van der Waals surface area contributed by atoms with Crippen LogP contribution in [0.4, 0.5) is 10.1 Å². The van der Waals surface area contributed by atoms with Gasteiger partial charge in [-0.2, -0.15) is 0 Å². The van der Waals surface area contributed by atoms with Gasteiger partial charge in [0, 0.05) is 19.6 Å². The van der Waals surface area contributed by atoms with Gasteiger partial charge in [-0.15, -0.1) is 0 Å². The molecule has 1 unspecified atom stereocenters. The molecule has 1 N–H and O–H groups in total. The predicted octanol–water partition coefficient (Wildman–Crippen LogP) is 3.29. The smallest absolute Gasteiger partial charge is 0.146 e. The first-order valence-electron chi connectivity index (χ1n) is 6.49. The fourth-order valence-corrected chi connectivity index (χ4v) is 2.21. The van der Waals surface area contributed by atoms with Gasteiger partial charge in [-0.05, 0) is 31.0 Å². The summed E-state index contributed by atoms with van der Waals surface area (Å²) in [5.41, 5.74) is 0.881. The van der Waals surface area contributed by atoms with E-state index in [2.05, 4.69) is 26.1 Å². The van der Waals surface area contributed by atoms with Crippen LogP contribution in [-0.2, 0) is 0 Å². The van der Waals surface area contributed by atoms with E-state index >= 15 is 0 Å². The van der Waals surface area contributed by atoms with E-state index in [1.807, 2.05) is 31.1 Å². The lowest BCUT2D eigenvalue weighted by Gasteiger charge is -2.32. The van der Waals surface area contributed by atoms with Crippen molar-refractivity contribution in [2.75, 3.05) is 25.5 Å². The summed E-state index contributed by atoms with van der Waals surface area (Å²) in [6, 6.07) is 7.34. The van der Waals surface area contributed by atoms with E-state index in [4.69, 9.17) is 0 Å². The Hall–Kier alpha value is -1.09. The molecular weight excluding hydrogens is 227 g/mol. The Morgan fingerprint density at radius 2 is 1.89 bits per heavy atom. The Morgan fingerprint density at radius 3 is 2.39 bits per heavy atom. The van der Waals surface area contributed by atoms with Crippen molar-refractivity contribution in [3.63, 3.8) is 0 Å². The number of para-hydroxylation sites is 1. The maximum Gasteiger partial charge on any atom is 0.146 e. The van der Waals surface area contributed by atoms with Crippen molar-refractivity contribution in [3.8, 4) is 0 Å². The topological polar surface area (TPSA) is 15.3 Å². The molecule has 0 saturated carbocycles. The minimum atomic E-state index is -0.156. The third-order valence-corrected chi connectivity index (χ3v) is 3.41. The van der Waals surface area contributed by atoms with Crippen LogP contribution < -0.4 is 10.2 Å². The molecular formula is C15H25FN2. The van der Waals surface area contributed by atoms with Gasteiger partial charge in [0.2, 0.25) is 0 Å². The normalized spacial score (nSPS) is 13.4. The second-order valence-electron chi connectivity index (χ2n) is 5.87.